The molecule has 1 fully saturated rings. The number of hydrogen-bond donors (Lipinski definition) is 2. The number of anilines is 1. The van der Waals surface area contributed by atoms with E-state index in [4.69, 9.17) is 11.6 Å². The third-order valence-electron chi connectivity index (χ3n) is 5.46. The zero-order chi connectivity index (χ0) is 27.4. The van der Waals surface area contributed by atoms with Crippen molar-refractivity contribution in [3.05, 3.63) is 94.5 Å². The molecule has 3 aromatic rings. The number of halogens is 4. The Morgan fingerprint density at radius 2 is 1.79 bits per heavy atom. The molecule has 38 heavy (non-hydrogen) atoms. The lowest BCUT2D eigenvalue weighted by Gasteiger charge is -2.32. The first kappa shape index (κ1) is 27.2. The number of amides is 2. The number of thioether (sulfide) groups is 1. The summed E-state index contributed by atoms with van der Waals surface area (Å²) in [4.78, 5) is 43.0. The third-order valence-corrected chi connectivity index (χ3v) is 6.90. The van der Waals surface area contributed by atoms with Gasteiger partial charge in [-0.2, -0.15) is 13.2 Å². The van der Waals surface area contributed by atoms with Gasteiger partial charge in [0.25, 0.3) is 0 Å². The Kier molecular flexibility index (Phi) is 8.08. The molecule has 2 amide bonds. The molecule has 1 saturated heterocycles. The molecule has 1 unspecified atom stereocenters. The molecule has 0 aliphatic carbocycles. The van der Waals surface area contributed by atoms with Crippen LogP contribution in [0.25, 0.3) is 0 Å². The number of rotatable bonds is 6. The van der Waals surface area contributed by atoms with Gasteiger partial charge in [-0.3, -0.25) is 14.5 Å². The van der Waals surface area contributed by atoms with Crippen molar-refractivity contribution in [2.45, 2.75) is 24.4 Å². The van der Waals surface area contributed by atoms with E-state index in [2.05, 4.69) is 10.3 Å². The molecule has 0 radical (unpaired) electrons. The Morgan fingerprint density at radius 3 is 2.47 bits per heavy atom. The number of carboxylic acids is 1. The van der Waals surface area contributed by atoms with E-state index in [-0.39, 0.29) is 35.1 Å². The number of carboxylic acid groups (broad SMARTS) is 1. The van der Waals surface area contributed by atoms with E-state index >= 15 is 0 Å². The van der Waals surface area contributed by atoms with Gasteiger partial charge in [0, 0.05) is 17.1 Å². The minimum atomic E-state index is -4.58. The van der Waals surface area contributed by atoms with Gasteiger partial charge in [0.15, 0.2) is 5.17 Å². The average molecular weight is 562 g/mol. The van der Waals surface area contributed by atoms with E-state index in [9.17, 15) is 32.7 Å². The SMILES string of the molecule is O=C(O)c1cccc(NC(=O)C2CC(=O)N(Cc3ccc(Cl)cc3)C(=Nc3cccc(C(F)(F)F)c3)S2)c1. The highest BCUT2D eigenvalue weighted by atomic mass is 35.5. The number of carbonyl (C=O) groups is 3. The number of alkyl halides is 3. The van der Waals surface area contributed by atoms with Crippen LogP contribution in [0.5, 0.6) is 0 Å². The first-order valence-corrected chi connectivity index (χ1v) is 12.4. The summed E-state index contributed by atoms with van der Waals surface area (Å²) in [5.41, 5.74) is -0.0395. The van der Waals surface area contributed by atoms with E-state index in [1.54, 1.807) is 24.3 Å². The molecular formula is C26H19ClF3N3O4S. The van der Waals surface area contributed by atoms with E-state index in [1.807, 2.05) is 0 Å². The number of aliphatic imine (C=N–C) groups is 1. The van der Waals surface area contributed by atoms with Gasteiger partial charge in [-0.05, 0) is 54.1 Å². The van der Waals surface area contributed by atoms with Crippen LogP contribution in [-0.2, 0) is 22.3 Å². The maximum atomic E-state index is 13.2. The van der Waals surface area contributed by atoms with Crippen molar-refractivity contribution in [1.82, 2.24) is 4.90 Å². The highest BCUT2D eigenvalue weighted by Gasteiger charge is 2.36. The van der Waals surface area contributed by atoms with Crippen LogP contribution in [0, 0.1) is 0 Å². The Balaban J connectivity index is 1.64. The Labute approximate surface area is 224 Å². The van der Waals surface area contributed by atoms with E-state index < -0.39 is 34.8 Å². The summed E-state index contributed by atoms with van der Waals surface area (Å²) in [5, 5.41) is 11.4. The summed E-state index contributed by atoms with van der Waals surface area (Å²) >= 11 is 6.87. The normalized spacial score (nSPS) is 16.9. The first-order chi connectivity index (χ1) is 18.0. The molecule has 196 valence electrons. The van der Waals surface area contributed by atoms with Gasteiger partial charge in [0.1, 0.15) is 5.25 Å². The van der Waals surface area contributed by atoms with E-state index in [1.165, 1.54) is 41.3 Å². The largest absolute Gasteiger partial charge is 0.478 e. The quantitative estimate of drug-likeness (QED) is 0.372. The Hall–Kier alpha value is -3.83. The zero-order valence-corrected chi connectivity index (χ0v) is 21.0. The molecule has 0 saturated carbocycles. The van der Waals surface area contributed by atoms with Crippen molar-refractivity contribution >= 4 is 57.7 Å². The van der Waals surface area contributed by atoms with Crippen molar-refractivity contribution in [3.8, 4) is 0 Å². The van der Waals surface area contributed by atoms with E-state index in [0.29, 0.717) is 10.6 Å². The molecule has 1 aliphatic rings. The summed E-state index contributed by atoms with van der Waals surface area (Å²) in [6.45, 7) is 0.0653. The maximum Gasteiger partial charge on any atom is 0.416 e. The van der Waals surface area contributed by atoms with Crippen LogP contribution in [0.1, 0.15) is 27.9 Å². The third kappa shape index (κ3) is 6.73. The van der Waals surface area contributed by atoms with Crippen molar-refractivity contribution in [3.63, 3.8) is 0 Å². The van der Waals surface area contributed by atoms with Crippen molar-refractivity contribution in [2.24, 2.45) is 4.99 Å². The Bertz CT molecular complexity index is 1410. The fourth-order valence-corrected chi connectivity index (χ4v) is 4.81. The number of hydrogen-bond acceptors (Lipinski definition) is 5. The molecule has 3 aromatic carbocycles. The molecule has 0 aromatic heterocycles. The van der Waals surface area contributed by atoms with Gasteiger partial charge in [-0.15, -0.1) is 0 Å². The standard InChI is InChI=1S/C26H19ClF3N3O4S/c27-18-9-7-15(8-10-18)14-33-22(34)13-21(23(35)31-19-5-1-3-16(11-19)24(36)37)38-25(33)32-20-6-2-4-17(12-20)26(28,29)30/h1-12,21H,13-14H2,(H,31,35)(H,36,37). The summed E-state index contributed by atoms with van der Waals surface area (Å²) in [6, 6.07) is 16.7. The smallest absolute Gasteiger partial charge is 0.416 e. The first-order valence-electron chi connectivity index (χ1n) is 11.1. The molecular weight excluding hydrogens is 543 g/mol. The molecule has 1 atom stereocenters. The van der Waals surface area contributed by atoms with Gasteiger partial charge in [0.2, 0.25) is 11.8 Å². The monoisotopic (exact) mass is 561 g/mol. The van der Waals surface area contributed by atoms with Crippen LogP contribution < -0.4 is 5.32 Å². The number of amidine groups is 1. The minimum Gasteiger partial charge on any atom is -0.478 e. The van der Waals surface area contributed by atoms with Gasteiger partial charge < -0.3 is 10.4 Å². The van der Waals surface area contributed by atoms with Crippen LogP contribution in [-0.4, -0.2) is 38.2 Å². The number of nitrogens with zero attached hydrogens (tertiary/aromatic N) is 2. The second-order valence-corrected chi connectivity index (χ2v) is 9.84. The molecule has 2 N–H and O–H groups in total. The maximum absolute atomic E-state index is 13.2. The number of aromatic carboxylic acids is 1. The van der Waals surface area contributed by atoms with Crippen LogP contribution >= 0.6 is 23.4 Å². The van der Waals surface area contributed by atoms with Crippen LogP contribution in [0.2, 0.25) is 5.02 Å². The van der Waals surface area contributed by atoms with E-state index in [0.717, 1.165) is 23.9 Å². The van der Waals surface area contributed by atoms with Crippen LogP contribution in [0.3, 0.4) is 0 Å². The average Bonchev–Trinajstić information content (AvgIpc) is 2.87. The predicted molar refractivity (Wildman–Crippen MR) is 139 cm³/mol. The summed E-state index contributed by atoms with van der Waals surface area (Å²) in [5.74, 6) is -2.20. The summed E-state index contributed by atoms with van der Waals surface area (Å²) < 4.78 is 39.7. The number of carbonyl (C=O) groups excluding carboxylic acids is 2. The molecule has 7 nitrogen and oxygen atoms in total. The minimum absolute atomic E-state index is 0.0314. The molecule has 0 bridgehead atoms. The summed E-state index contributed by atoms with van der Waals surface area (Å²) in [7, 11) is 0. The number of nitrogens with one attached hydrogen (secondary N) is 1. The lowest BCUT2D eigenvalue weighted by molar-refractivity contribution is -0.137. The van der Waals surface area contributed by atoms with Gasteiger partial charge in [-0.25, -0.2) is 9.79 Å². The lowest BCUT2D eigenvalue weighted by Crippen LogP contribution is -2.44. The fourth-order valence-electron chi connectivity index (χ4n) is 3.58. The Morgan fingerprint density at radius 1 is 1.08 bits per heavy atom. The topological polar surface area (TPSA) is 99.1 Å². The van der Waals surface area contributed by atoms with Crippen molar-refractivity contribution in [2.75, 3.05) is 5.32 Å². The fraction of sp³-hybridized carbons (Fsp3) is 0.154. The summed E-state index contributed by atoms with van der Waals surface area (Å²) in [6.07, 6.45) is -4.79. The second-order valence-electron chi connectivity index (χ2n) is 8.23. The highest BCUT2D eigenvalue weighted by Crippen LogP contribution is 2.34. The van der Waals surface area contributed by atoms with Crippen LogP contribution in [0.4, 0.5) is 24.5 Å². The van der Waals surface area contributed by atoms with Crippen molar-refractivity contribution in [1.29, 1.82) is 0 Å². The molecule has 1 aliphatic heterocycles. The number of benzene rings is 3. The van der Waals surface area contributed by atoms with Gasteiger partial charge in [0.05, 0.1) is 23.4 Å². The van der Waals surface area contributed by atoms with Crippen LogP contribution in [0.15, 0.2) is 77.8 Å². The molecule has 4 rings (SSSR count). The predicted octanol–water partition coefficient (Wildman–Crippen LogP) is 6.22. The lowest BCUT2D eigenvalue weighted by atomic mass is 10.1. The van der Waals surface area contributed by atoms with Gasteiger partial charge >= 0.3 is 12.1 Å². The van der Waals surface area contributed by atoms with Gasteiger partial charge in [-0.1, -0.05) is 47.6 Å². The zero-order valence-electron chi connectivity index (χ0n) is 19.4. The highest BCUT2D eigenvalue weighted by molar-refractivity contribution is 8.15. The second kappa shape index (κ2) is 11.3. The molecule has 0 spiro atoms. The molecule has 1 heterocycles. The molecule has 12 heteroatoms. The van der Waals surface area contributed by atoms with Crippen molar-refractivity contribution < 1.29 is 32.7 Å².